The zero-order valence-corrected chi connectivity index (χ0v) is 14.2. The third-order valence-electron chi connectivity index (χ3n) is 5.03. The molecule has 1 atom stereocenters. The van der Waals surface area contributed by atoms with E-state index in [0.29, 0.717) is 37.8 Å². The van der Waals surface area contributed by atoms with Crippen LogP contribution in [-0.2, 0) is 22.5 Å². The van der Waals surface area contributed by atoms with Gasteiger partial charge in [-0.1, -0.05) is 5.16 Å². The number of aromatic nitrogens is 2. The number of aliphatic hydroxyl groups excluding tert-OH is 1. The van der Waals surface area contributed by atoms with Gasteiger partial charge in [-0.15, -0.1) is 0 Å². The van der Waals surface area contributed by atoms with E-state index in [9.17, 15) is 4.79 Å². The first-order valence-electron chi connectivity index (χ1n) is 8.60. The van der Waals surface area contributed by atoms with Gasteiger partial charge in [-0.2, -0.15) is 4.98 Å². The van der Waals surface area contributed by atoms with Crippen LogP contribution in [0, 0.1) is 5.41 Å². The van der Waals surface area contributed by atoms with E-state index in [1.54, 1.807) is 7.11 Å². The van der Waals surface area contributed by atoms with Gasteiger partial charge in [0.15, 0.2) is 5.82 Å². The van der Waals surface area contributed by atoms with Crippen LogP contribution < -0.4 is 0 Å². The van der Waals surface area contributed by atoms with Crippen LogP contribution >= 0.6 is 0 Å². The van der Waals surface area contributed by atoms with Crippen molar-refractivity contribution >= 4 is 5.91 Å². The molecule has 2 saturated heterocycles. The maximum atomic E-state index is 12.8. The van der Waals surface area contributed by atoms with Crippen molar-refractivity contribution in [3.63, 3.8) is 0 Å². The molecule has 0 aromatic carbocycles. The highest BCUT2D eigenvalue weighted by Crippen LogP contribution is 2.40. The minimum Gasteiger partial charge on any atom is -0.395 e. The fourth-order valence-electron chi connectivity index (χ4n) is 3.80. The summed E-state index contributed by atoms with van der Waals surface area (Å²) in [7, 11) is 1.64. The van der Waals surface area contributed by atoms with Gasteiger partial charge < -0.3 is 19.3 Å². The number of ether oxygens (including phenoxy) is 1. The first kappa shape index (κ1) is 17.3. The number of aliphatic hydroxyl groups is 1. The van der Waals surface area contributed by atoms with Crippen LogP contribution in [0.25, 0.3) is 0 Å². The zero-order valence-electron chi connectivity index (χ0n) is 14.2. The maximum absolute atomic E-state index is 12.8. The molecule has 3 rings (SSSR count). The number of β-amino-alcohol motifs (C(OH)–C–C–N with tert-alkyl or cyclic N) is 1. The number of rotatable bonds is 7. The van der Waals surface area contributed by atoms with E-state index in [-0.39, 0.29) is 17.9 Å². The molecule has 2 fully saturated rings. The fourth-order valence-corrected chi connectivity index (χ4v) is 3.80. The summed E-state index contributed by atoms with van der Waals surface area (Å²) in [5.74, 6) is 1.44. The summed E-state index contributed by atoms with van der Waals surface area (Å²) >= 11 is 0. The Bertz CT molecular complexity index is 562. The molecule has 1 amide bonds. The van der Waals surface area contributed by atoms with Gasteiger partial charge in [-0.25, -0.2) is 0 Å². The molecular weight excluding hydrogens is 312 g/mol. The summed E-state index contributed by atoms with van der Waals surface area (Å²) in [6.45, 7) is 3.95. The average Bonchev–Trinajstić information content (AvgIpc) is 3.19. The Morgan fingerprint density at radius 2 is 2.25 bits per heavy atom. The fraction of sp³-hybridized carbons (Fsp3) is 0.812. The molecular formula is C16H26N4O4. The summed E-state index contributed by atoms with van der Waals surface area (Å²) in [4.78, 5) is 21.2. The highest BCUT2D eigenvalue weighted by molar-refractivity contribution is 5.84. The Morgan fingerprint density at radius 3 is 3.04 bits per heavy atom. The van der Waals surface area contributed by atoms with Crippen molar-refractivity contribution in [1.82, 2.24) is 19.9 Å². The molecule has 2 aliphatic rings. The van der Waals surface area contributed by atoms with E-state index in [0.717, 1.165) is 38.9 Å². The number of methoxy groups -OCH3 is 1. The molecule has 1 N–H and O–H groups in total. The first-order valence-corrected chi connectivity index (χ1v) is 8.60. The van der Waals surface area contributed by atoms with Gasteiger partial charge in [-0.05, 0) is 25.8 Å². The second-order valence-corrected chi connectivity index (χ2v) is 6.71. The summed E-state index contributed by atoms with van der Waals surface area (Å²) in [6.07, 6.45) is 3.42. The number of piperidine rings is 1. The molecule has 0 saturated carbocycles. The van der Waals surface area contributed by atoms with Crippen LogP contribution in [0.15, 0.2) is 4.52 Å². The van der Waals surface area contributed by atoms with Crippen molar-refractivity contribution in [2.45, 2.75) is 32.2 Å². The Balaban J connectivity index is 1.58. The Hall–Kier alpha value is -1.51. The van der Waals surface area contributed by atoms with Crippen molar-refractivity contribution in [2.75, 3.05) is 46.5 Å². The highest BCUT2D eigenvalue weighted by atomic mass is 16.5. The van der Waals surface area contributed by atoms with Gasteiger partial charge in [-0.3, -0.25) is 9.69 Å². The minimum absolute atomic E-state index is 0.0256. The molecule has 0 unspecified atom stereocenters. The van der Waals surface area contributed by atoms with Crippen LogP contribution in [0.2, 0.25) is 0 Å². The number of carbonyl (C=O) groups excluding carboxylic acids is 1. The van der Waals surface area contributed by atoms with E-state index in [4.69, 9.17) is 14.4 Å². The molecule has 24 heavy (non-hydrogen) atoms. The zero-order chi connectivity index (χ0) is 17.0. The van der Waals surface area contributed by atoms with Crippen LogP contribution in [0.3, 0.4) is 0 Å². The Kier molecular flexibility index (Phi) is 5.47. The molecule has 1 aromatic rings. The lowest BCUT2D eigenvalue weighted by atomic mass is 9.78. The predicted octanol–water partition coefficient (Wildman–Crippen LogP) is 0.0653. The van der Waals surface area contributed by atoms with Crippen LogP contribution in [-0.4, -0.2) is 77.5 Å². The summed E-state index contributed by atoms with van der Waals surface area (Å²) < 4.78 is 10.3. The van der Waals surface area contributed by atoms with Crippen molar-refractivity contribution in [3.05, 3.63) is 11.7 Å². The van der Waals surface area contributed by atoms with E-state index in [1.165, 1.54) is 0 Å². The van der Waals surface area contributed by atoms with Crippen LogP contribution in [0.5, 0.6) is 0 Å². The quantitative estimate of drug-likeness (QED) is 0.752. The lowest BCUT2D eigenvalue weighted by Gasteiger charge is -2.39. The molecule has 1 aromatic heterocycles. The monoisotopic (exact) mass is 338 g/mol. The number of hydrogen-bond acceptors (Lipinski definition) is 7. The third-order valence-corrected chi connectivity index (χ3v) is 5.03. The van der Waals surface area contributed by atoms with E-state index in [2.05, 4.69) is 15.0 Å². The summed E-state index contributed by atoms with van der Waals surface area (Å²) in [6, 6.07) is 0. The summed E-state index contributed by atoms with van der Waals surface area (Å²) in [5.41, 5.74) is -0.299. The van der Waals surface area contributed by atoms with E-state index in [1.807, 2.05) is 4.90 Å². The van der Waals surface area contributed by atoms with Crippen molar-refractivity contribution in [1.29, 1.82) is 0 Å². The van der Waals surface area contributed by atoms with Crippen molar-refractivity contribution < 1.29 is 19.2 Å². The van der Waals surface area contributed by atoms with E-state index < -0.39 is 0 Å². The predicted molar refractivity (Wildman–Crippen MR) is 85.1 cm³/mol. The number of likely N-dealkylation sites (tertiary alicyclic amines) is 2. The maximum Gasteiger partial charge on any atom is 0.240 e. The molecule has 8 nitrogen and oxygen atoms in total. The Labute approximate surface area is 141 Å². The minimum atomic E-state index is -0.299. The van der Waals surface area contributed by atoms with E-state index >= 15 is 0 Å². The third kappa shape index (κ3) is 3.60. The van der Waals surface area contributed by atoms with Crippen molar-refractivity contribution in [3.8, 4) is 0 Å². The summed E-state index contributed by atoms with van der Waals surface area (Å²) in [5, 5.41) is 13.1. The molecule has 1 spiro atoms. The average molecular weight is 338 g/mol. The van der Waals surface area contributed by atoms with Crippen LogP contribution in [0.4, 0.5) is 0 Å². The van der Waals surface area contributed by atoms with Crippen LogP contribution in [0.1, 0.15) is 31.0 Å². The number of carbonyl (C=O) groups is 1. The molecule has 134 valence electrons. The molecule has 8 heteroatoms. The highest BCUT2D eigenvalue weighted by Gasteiger charge is 2.48. The Morgan fingerprint density at radius 1 is 1.38 bits per heavy atom. The molecule has 0 radical (unpaired) electrons. The number of nitrogens with zero attached hydrogens (tertiary/aromatic N) is 4. The van der Waals surface area contributed by atoms with Gasteiger partial charge >= 0.3 is 0 Å². The van der Waals surface area contributed by atoms with Gasteiger partial charge in [0.2, 0.25) is 11.8 Å². The van der Waals surface area contributed by atoms with Crippen molar-refractivity contribution in [2.24, 2.45) is 5.41 Å². The smallest absolute Gasteiger partial charge is 0.240 e. The SMILES string of the molecule is COCCc1noc(CN2CC[C@@]3(CCCN(CCO)C3=O)C2)n1. The number of amides is 1. The molecule has 0 bridgehead atoms. The lowest BCUT2D eigenvalue weighted by Crippen LogP contribution is -2.50. The van der Waals surface area contributed by atoms with Gasteiger partial charge in [0.05, 0.1) is 25.2 Å². The molecule has 2 aliphatic heterocycles. The lowest BCUT2D eigenvalue weighted by molar-refractivity contribution is -0.146. The van der Waals surface area contributed by atoms with Gasteiger partial charge in [0.25, 0.3) is 0 Å². The molecule has 3 heterocycles. The standard InChI is InChI=1S/C16H26N4O4/c1-23-10-3-13-17-14(24-18-13)11-19-7-5-16(12-19)4-2-6-20(8-9-21)15(16)22/h21H,2-12H2,1H3/t16-/m0/s1. The first-order chi connectivity index (χ1) is 11.7. The number of hydrogen-bond donors (Lipinski definition) is 1. The largest absolute Gasteiger partial charge is 0.395 e. The second kappa shape index (κ2) is 7.58. The second-order valence-electron chi connectivity index (χ2n) is 6.71. The topological polar surface area (TPSA) is 91.9 Å². The molecule has 0 aliphatic carbocycles. The normalized spacial score (nSPS) is 25.1. The van der Waals surface area contributed by atoms with Gasteiger partial charge in [0.1, 0.15) is 0 Å². The van der Waals surface area contributed by atoms with Gasteiger partial charge in [0, 0.05) is 33.2 Å².